The van der Waals surface area contributed by atoms with Gasteiger partial charge in [-0.3, -0.25) is 10.1 Å². The smallest absolute Gasteiger partial charge is 0.416 e. The summed E-state index contributed by atoms with van der Waals surface area (Å²) >= 11 is 0. The minimum atomic E-state index is -4.54. The number of benzene rings is 1. The monoisotopic (exact) mass is 235 g/mol. The SMILES string of the molecule is CCOc1cc(C(F)(F)F)ccc1[N+](=O)[O-]. The molecule has 4 nitrogen and oxygen atoms in total. The number of nitrogens with zero attached hydrogens (tertiary/aromatic N) is 1. The molecule has 0 aromatic heterocycles. The van der Waals surface area contributed by atoms with E-state index in [9.17, 15) is 23.3 Å². The van der Waals surface area contributed by atoms with Crippen LogP contribution in [0, 0.1) is 10.1 Å². The van der Waals surface area contributed by atoms with E-state index in [1.165, 1.54) is 6.92 Å². The predicted octanol–water partition coefficient (Wildman–Crippen LogP) is 3.01. The lowest BCUT2D eigenvalue weighted by molar-refractivity contribution is -0.385. The molecular formula is C9H8F3NO3. The Morgan fingerprint density at radius 3 is 2.50 bits per heavy atom. The van der Waals surface area contributed by atoms with E-state index in [0.717, 1.165) is 6.07 Å². The van der Waals surface area contributed by atoms with Crippen molar-refractivity contribution >= 4 is 5.69 Å². The summed E-state index contributed by atoms with van der Waals surface area (Å²) in [6, 6.07) is 2.07. The highest BCUT2D eigenvalue weighted by molar-refractivity contribution is 5.49. The first kappa shape index (κ1) is 12.3. The second-order valence-electron chi connectivity index (χ2n) is 2.87. The largest absolute Gasteiger partial charge is 0.487 e. The Hall–Kier alpha value is -1.79. The van der Waals surface area contributed by atoms with Gasteiger partial charge in [0.2, 0.25) is 0 Å². The standard InChI is InChI=1S/C9H8F3NO3/c1-2-16-8-5-6(9(10,11)12)3-4-7(8)13(14)15/h3-5H,2H2,1H3. The molecule has 0 N–H and O–H groups in total. The van der Waals surface area contributed by atoms with Gasteiger partial charge < -0.3 is 4.74 Å². The fourth-order valence-electron chi connectivity index (χ4n) is 1.11. The van der Waals surface area contributed by atoms with Crippen LogP contribution < -0.4 is 4.74 Å². The summed E-state index contributed by atoms with van der Waals surface area (Å²) in [6.07, 6.45) is -4.54. The summed E-state index contributed by atoms with van der Waals surface area (Å²) in [4.78, 5) is 9.72. The first-order valence-corrected chi connectivity index (χ1v) is 4.34. The Kier molecular flexibility index (Phi) is 3.36. The van der Waals surface area contributed by atoms with Crippen LogP contribution in [-0.4, -0.2) is 11.5 Å². The Labute approximate surface area is 88.8 Å². The second kappa shape index (κ2) is 4.38. The van der Waals surface area contributed by atoms with Crippen LogP contribution in [0.2, 0.25) is 0 Å². The molecule has 1 aromatic rings. The molecule has 0 spiro atoms. The summed E-state index contributed by atoms with van der Waals surface area (Å²) in [5.41, 5.74) is -1.45. The van der Waals surface area contributed by atoms with Crippen LogP contribution in [0.1, 0.15) is 12.5 Å². The van der Waals surface area contributed by atoms with Crippen LogP contribution in [0.25, 0.3) is 0 Å². The maximum absolute atomic E-state index is 12.3. The first-order chi connectivity index (χ1) is 7.36. The van der Waals surface area contributed by atoms with Gasteiger partial charge in [-0.05, 0) is 19.1 Å². The maximum Gasteiger partial charge on any atom is 0.416 e. The minimum absolute atomic E-state index is 0.0577. The fraction of sp³-hybridized carbons (Fsp3) is 0.333. The molecule has 0 aliphatic carbocycles. The van der Waals surface area contributed by atoms with Gasteiger partial charge in [0.25, 0.3) is 0 Å². The van der Waals surface area contributed by atoms with Crippen molar-refractivity contribution in [1.29, 1.82) is 0 Å². The van der Waals surface area contributed by atoms with Crippen molar-refractivity contribution in [2.75, 3.05) is 6.61 Å². The average Bonchev–Trinajstić information content (AvgIpc) is 2.16. The molecule has 1 aromatic carbocycles. The number of alkyl halides is 3. The molecule has 0 aliphatic rings. The third-order valence-corrected chi connectivity index (χ3v) is 1.78. The molecule has 0 fully saturated rings. The topological polar surface area (TPSA) is 52.4 Å². The van der Waals surface area contributed by atoms with Crippen molar-refractivity contribution < 1.29 is 22.8 Å². The molecular weight excluding hydrogens is 227 g/mol. The van der Waals surface area contributed by atoms with Crippen LogP contribution >= 0.6 is 0 Å². The molecule has 0 atom stereocenters. The highest BCUT2D eigenvalue weighted by atomic mass is 19.4. The van der Waals surface area contributed by atoms with Gasteiger partial charge in [-0.2, -0.15) is 13.2 Å². The molecule has 16 heavy (non-hydrogen) atoms. The molecule has 1 rings (SSSR count). The van der Waals surface area contributed by atoms with Crippen molar-refractivity contribution in [3.63, 3.8) is 0 Å². The molecule has 0 saturated carbocycles. The van der Waals surface area contributed by atoms with E-state index in [2.05, 4.69) is 0 Å². The van der Waals surface area contributed by atoms with E-state index in [4.69, 9.17) is 4.74 Å². The second-order valence-corrected chi connectivity index (χ2v) is 2.87. The lowest BCUT2D eigenvalue weighted by atomic mass is 10.2. The van der Waals surface area contributed by atoms with Crippen LogP contribution in [0.5, 0.6) is 5.75 Å². The zero-order chi connectivity index (χ0) is 12.3. The Balaban J connectivity index is 3.22. The normalized spacial score (nSPS) is 11.2. The molecule has 0 aliphatic heterocycles. The van der Waals surface area contributed by atoms with Gasteiger partial charge in [0, 0.05) is 6.07 Å². The number of nitro groups is 1. The lowest BCUT2D eigenvalue weighted by Crippen LogP contribution is -2.06. The Morgan fingerprint density at radius 2 is 2.06 bits per heavy atom. The molecule has 7 heteroatoms. The average molecular weight is 235 g/mol. The van der Waals surface area contributed by atoms with Crippen LogP contribution in [0.15, 0.2) is 18.2 Å². The summed E-state index contributed by atoms with van der Waals surface area (Å²) < 4.78 is 41.7. The van der Waals surface area contributed by atoms with E-state index >= 15 is 0 Å². The summed E-state index contributed by atoms with van der Waals surface area (Å²) in [6.45, 7) is 1.59. The van der Waals surface area contributed by atoms with Gasteiger partial charge in [-0.1, -0.05) is 0 Å². The van der Waals surface area contributed by atoms with Gasteiger partial charge in [0.1, 0.15) is 0 Å². The third-order valence-electron chi connectivity index (χ3n) is 1.78. The minimum Gasteiger partial charge on any atom is -0.487 e. The van der Waals surface area contributed by atoms with Crippen molar-refractivity contribution in [3.8, 4) is 5.75 Å². The number of hydrogen-bond donors (Lipinski definition) is 0. The number of ether oxygens (including phenoxy) is 1. The number of halogens is 3. The molecule has 88 valence electrons. The van der Waals surface area contributed by atoms with Crippen molar-refractivity contribution in [3.05, 3.63) is 33.9 Å². The highest BCUT2D eigenvalue weighted by Gasteiger charge is 2.32. The third kappa shape index (κ3) is 2.62. The van der Waals surface area contributed by atoms with E-state index in [0.29, 0.717) is 12.1 Å². The van der Waals surface area contributed by atoms with Gasteiger partial charge >= 0.3 is 11.9 Å². The Morgan fingerprint density at radius 1 is 1.44 bits per heavy atom. The molecule has 0 saturated heterocycles. The van der Waals surface area contributed by atoms with Gasteiger partial charge in [-0.15, -0.1) is 0 Å². The van der Waals surface area contributed by atoms with Gasteiger partial charge in [0.15, 0.2) is 5.75 Å². The Bertz CT molecular complexity index is 403. The lowest BCUT2D eigenvalue weighted by Gasteiger charge is -2.09. The molecule has 0 bridgehead atoms. The number of hydrogen-bond acceptors (Lipinski definition) is 3. The molecule has 0 unspecified atom stereocenters. The van der Waals surface area contributed by atoms with Gasteiger partial charge in [0.05, 0.1) is 17.1 Å². The highest BCUT2D eigenvalue weighted by Crippen LogP contribution is 2.35. The van der Waals surface area contributed by atoms with E-state index in [1.54, 1.807) is 0 Å². The summed E-state index contributed by atoms with van der Waals surface area (Å²) in [5, 5.41) is 10.5. The fourth-order valence-corrected chi connectivity index (χ4v) is 1.11. The predicted molar refractivity (Wildman–Crippen MR) is 49.3 cm³/mol. The summed E-state index contributed by atoms with van der Waals surface area (Å²) in [5.74, 6) is -0.373. The molecule has 0 radical (unpaired) electrons. The quantitative estimate of drug-likeness (QED) is 0.597. The number of rotatable bonds is 3. The van der Waals surface area contributed by atoms with E-state index in [1.807, 2.05) is 0 Å². The molecule has 0 heterocycles. The van der Waals surface area contributed by atoms with Crippen molar-refractivity contribution in [2.45, 2.75) is 13.1 Å². The maximum atomic E-state index is 12.3. The van der Waals surface area contributed by atoms with E-state index < -0.39 is 22.4 Å². The van der Waals surface area contributed by atoms with Crippen molar-refractivity contribution in [2.24, 2.45) is 0 Å². The zero-order valence-corrected chi connectivity index (χ0v) is 8.25. The van der Waals surface area contributed by atoms with Gasteiger partial charge in [-0.25, -0.2) is 0 Å². The van der Waals surface area contributed by atoms with Crippen LogP contribution in [0.4, 0.5) is 18.9 Å². The number of nitro benzene ring substituents is 1. The molecule has 0 amide bonds. The van der Waals surface area contributed by atoms with Crippen LogP contribution in [0.3, 0.4) is 0 Å². The van der Waals surface area contributed by atoms with Crippen molar-refractivity contribution in [1.82, 2.24) is 0 Å². The van der Waals surface area contributed by atoms with E-state index in [-0.39, 0.29) is 12.4 Å². The first-order valence-electron chi connectivity index (χ1n) is 4.34. The summed E-state index contributed by atoms with van der Waals surface area (Å²) in [7, 11) is 0. The zero-order valence-electron chi connectivity index (χ0n) is 8.25. The van der Waals surface area contributed by atoms with Crippen LogP contribution in [-0.2, 0) is 6.18 Å².